The van der Waals surface area contributed by atoms with Crippen molar-refractivity contribution >= 4 is 17.7 Å². The molecular weight excluding hydrogens is 282 g/mol. The van der Waals surface area contributed by atoms with Crippen LogP contribution in [0.1, 0.15) is 26.3 Å². The van der Waals surface area contributed by atoms with Gasteiger partial charge in [0.15, 0.2) is 5.16 Å². The van der Waals surface area contributed by atoms with Crippen molar-refractivity contribution < 1.29 is 4.79 Å². The summed E-state index contributed by atoms with van der Waals surface area (Å²) in [6.07, 6.45) is 3.68. The number of carbonyl (C=O) groups is 1. The molecule has 1 aromatic carbocycles. The van der Waals surface area contributed by atoms with Crippen LogP contribution >= 0.6 is 11.8 Å². The molecule has 1 aromatic heterocycles. The fourth-order valence-electron chi connectivity index (χ4n) is 2.00. The van der Waals surface area contributed by atoms with Crippen LogP contribution in [0.4, 0.5) is 0 Å². The van der Waals surface area contributed by atoms with E-state index in [4.69, 9.17) is 0 Å². The zero-order valence-electron chi connectivity index (χ0n) is 12.9. The van der Waals surface area contributed by atoms with Gasteiger partial charge in [-0.15, -0.1) is 0 Å². The first-order valence-corrected chi connectivity index (χ1v) is 7.88. The topological polar surface area (TPSA) is 46.9 Å². The third-order valence-electron chi connectivity index (χ3n) is 2.83. The highest BCUT2D eigenvalue weighted by Crippen LogP contribution is 2.22. The van der Waals surface area contributed by atoms with Gasteiger partial charge in [-0.25, -0.2) is 4.98 Å². The summed E-state index contributed by atoms with van der Waals surface area (Å²) in [5, 5.41) is 3.78. The summed E-state index contributed by atoms with van der Waals surface area (Å²) in [4.78, 5) is 16.2. The Morgan fingerprint density at radius 3 is 2.71 bits per heavy atom. The molecule has 0 atom stereocenters. The highest BCUT2D eigenvalue weighted by Gasteiger charge is 2.15. The second-order valence-corrected chi connectivity index (χ2v) is 6.90. The Hall–Kier alpha value is -1.75. The number of aryl methyl sites for hydroxylation is 1. The van der Waals surface area contributed by atoms with Crippen LogP contribution in [-0.4, -0.2) is 26.8 Å². The lowest BCUT2D eigenvalue weighted by atomic mass is 10.1. The van der Waals surface area contributed by atoms with Gasteiger partial charge in [0, 0.05) is 17.9 Å². The third-order valence-corrected chi connectivity index (χ3v) is 3.80. The van der Waals surface area contributed by atoms with Gasteiger partial charge in [-0.05, 0) is 39.3 Å². The SMILES string of the molecule is Cc1ccccc1-n1ccnc1SCC(=O)NC(C)(C)C. The van der Waals surface area contributed by atoms with Gasteiger partial charge in [-0.3, -0.25) is 9.36 Å². The average Bonchev–Trinajstić information content (AvgIpc) is 2.83. The van der Waals surface area contributed by atoms with E-state index in [1.165, 1.54) is 17.3 Å². The van der Waals surface area contributed by atoms with Crippen LogP contribution in [0, 0.1) is 6.92 Å². The molecule has 0 bridgehead atoms. The second-order valence-electron chi connectivity index (χ2n) is 5.95. The van der Waals surface area contributed by atoms with Crippen molar-refractivity contribution in [2.45, 2.75) is 38.4 Å². The number of rotatable bonds is 4. The standard InChI is InChI=1S/C16H21N3OS/c1-12-7-5-6-8-13(12)19-10-9-17-15(19)21-11-14(20)18-16(2,3)4/h5-10H,11H2,1-4H3,(H,18,20). The Morgan fingerprint density at radius 1 is 1.33 bits per heavy atom. The van der Waals surface area contributed by atoms with Crippen molar-refractivity contribution in [3.63, 3.8) is 0 Å². The monoisotopic (exact) mass is 303 g/mol. The molecule has 0 unspecified atom stereocenters. The number of benzene rings is 1. The van der Waals surface area contributed by atoms with E-state index >= 15 is 0 Å². The molecule has 2 aromatic rings. The van der Waals surface area contributed by atoms with Gasteiger partial charge in [-0.2, -0.15) is 0 Å². The van der Waals surface area contributed by atoms with E-state index in [0.29, 0.717) is 5.75 Å². The Labute approximate surface area is 130 Å². The van der Waals surface area contributed by atoms with Crippen LogP contribution in [-0.2, 0) is 4.79 Å². The number of thioether (sulfide) groups is 1. The minimum Gasteiger partial charge on any atom is -0.351 e. The molecule has 0 aliphatic carbocycles. The van der Waals surface area contributed by atoms with Crippen molar-refractivity contribution in [3.8, 4) is 5.69 Å². The van der Waals surface area contributed by atoms with Crippen LogP contribution in [0.5, 0.6) is 0 Å². The number of nitrogens with zero attached hydrogens (tertiary/aromatic N) is 2. The molecule has 0 aliphatic heterocycles. The molecular formula is C16H21N3OS. The predicted molar refractivity (Wildman–Crippen MR) is 86.9 cm³/mol. The zero-order chi connectivity index (χ0) is 15.5. The molecule has 112 valence electrons. The molecule has 5 heteroatoms. The van der Waals surface area contributed by atoms with E-state index in [1.54, 1.807) is 6.20 Å². The summed E-state index contributed by atoms with van der Waals surface area (Å²) in [5.74, 6) is 0.381. The first kappa shape index (κ1) is 15.6. The fraction of sp³-hybridized carbons (Fsp3) is 0.375. The van der Waals surface area contributed by atoms with Crippen molar-refractivity contribution in [2.24, 2.45) is 0 Å². The van der Waals surface area contributed by atoms with E-state index in [0.717, 1.165) is 10.8 Å². The van der Waals surface area contributed by atoms with Crippen molar-refractivity contribution in [3.05, 3.63) is 42.2 Å². The number of para-hydroxylation sites is 1. The third kappa shape index (κ3) is 4.36. The summed E-state index contributed by atoms with van der Waals surface area (Å²) >= 11 is 1.45. The minimum absolute atomic E-state index is 0.0202. The van der Waals surface area contributed by atoms with Gasteiger partial charge >= 0.3 is 0 Å². The first-order valence-electron chi connectivity index (χ1n) is 6.90. The molecule has 0 radical (unpaired) electrons. The fourth-order valence-corrected chi connectivity index (χ4v) is 2.76. The molecule has 1 N–H and O–H groups in total. The lowest BCUT2D eigenvalue weighted by molar-refractivity contribution is -0.119. The molecule has 2 rings (SSSR count). The largest absolute Gasteiger partial charge is 0.351 e. The number of hydrogen-bond acceptors (Lipinski definition) is 3. The van der Waals surface area contributed by atoms with Gasteiger partial charge in [0.2, 0.25) is 5.91 Å². The summed E-state index contributed by atoms with van der Waals surface area (Å²) < 4.78 is 2.02. The minimum atomic E-state index is -0.205. The van der Waals surface area contributed by atoms with Crippen LogP contribution < -0.4 is 5.32 Å². The first-order chi connectivity index (χ1) is 9.87. The van der Waals surface area contributed by atoms with Crippen molar-refractivity contribution in [1.29, 1.82) is 0 Å². The lowest BCUT2D eigenvalue weighted by Crippen LogP contribution is -2.41. The Balaban J connectivity index is 2.08. The Morgan fingerprint density at radius 2 is 2.05 bits per heavy atom. The summed E-state index contributed by atoms with van der Waals surface area (Å²) in [6, 6.07) is 8.13. The number of hydrogen-bond donors (Lipinski definition) is 1. The van der Waals surface area contributed by atoms with Crippen molar-refractivity contribution in [2.75, 3.05) is 5.75 Å². The summed E-state index contributed by atoms with van der Waals surface area (Å²) in [7, 11) is 0. The van der Waals surface area contributed by atoms with Gasteiger partial charge < -0.3 is 5.32 Å². The van der Waals surface area contributed by atoms with E-state index in [2.05, 4.69) is 29.4 Å². The van der Waals surface area contributed by atoms with Gasteiger partial charge in [-0.1, -0.05) is 30.0 Å². The Bertz CT molecular complexity index is 628. The molecule has 0 spiro atoms. The van der Waals surface area contributed by atoms with Gasteiger partial charge in [0.25, 0.3) is 0 Å². The van der Waals surface area contributed by atoms with Gasteiger partial charge in [0.05, 0.1) is 11.4 Å². The number of amides is 1. The van der Waals surface area contributed by atoms with Crippen LogP contribution in [0.15, 0.2) is 41.8 Å². The van der Waals surface area contributed by atoms with E-state index < -0.39 is 0 Å². The van der Waals surface area contributed by atoms with E-state index in [-0.39, 0.29) is 11.4 Å². The van der Waals surface area contributed by atoms with Crippen LogP contribution in [0.25, 0.3) is 5.69 Å². The number of aromatic nitrogens is 2. The maximum absolute atomic E-state index is 11.9. The molecule has 21 heavy (non-hydrogen) atoms. The predicted octanol–water partition coefficient (Wildman–Crippen LogP) is 3.19. The normalized spacial score (nSPS) is 11.4. The smallest absolute Gasteiger partial charge is 0.230 e. The molecule has 0 saturated heterocycles. The van der Waals surface area contributed by atoms with Crippen LogP contribution in [0.3, 0.4) is 0 Å². The maximum atomic E-state index is 11.9. The number of imidazole rings is 1. The van der Waals surface area contributed by atoms with E-state index in [9.17, 15) is 4.79 Å². The zero-order valence-corrected chi connectivity index (χ0v) is 13.7. The molecule has 0 aliphatic rings. The summed E-state index contributed by atoms with van der Waals surface area (Å²) in [5.41, 5.74) is 2.06. The van der Waals surface area contributed by atoms with Gasteiger partial charge in [0.1, 0.15) is 0 Å². The molecule has 1 amide bonds. The maximum Gasteiger partial charge on any atom is 0.230 e. The summed E-state index contributed by atoms with van der Waals surface area (Å²) in [6.45, 7) is 7.99. The Kier molecular flexibility index (Phi) is 4.73. The molecule has 4 nitrogen and oxygen atoms in total. The molecule has 0 fully saturated rings. The molecule has 1 heterocycles. The number of carbonyl (C=O) groups excluding carboxylic acids is 1. The average molecular weight is 303 g/mol. The lowest BCUT2D eigenvalue weighted by Gasteiger charge is -2.20. The quantitative estimate of drug-likeness (QED) is 0.882. The van der Waals surface area contributed by atoms with Crippen molar-refractivity contribution in [1.82, 2.24) is 14.9 Å². The number of nitrogens with one attached hydrogen (secondary N) is 1. The highest BCUT2D eigenvalue weighted by atomic mass is 32.2. The van der Waals surface area contributed by atoms with Crippen LogP contribution in [0.2, 0.25) is 0 Å². The highest BCUT2D eigenvalue weighted by molar-refractivity contribution is 7.99. The van der Waals surface area contributed by atoms with E-state index in [1.807, 2.05) is 43.7 Å². The second kappa shape index (κ2) is 6.35. The molecule has 0 saturated carbocycles.